The summed E-state index contributed by atoms with van der Waals surface area (Å²) in [7, 11) is 0. The van der Waals surface area contributed by atoms with Crippen molar-refractivity contribution in [3.05, 3.63) is 35.9 Å². The molecule has 6 nitrogen and oxygen atoms in total. The number of esters is 2. The van der Waals surface area contributed by atoms with Gasteiger partial charge in [0.1, 0.15) is 0 Å². The third kappa shape index (κ3) is 3.80. The monoisotopic (exact) mass is 293 g/mol. The quantitative estimate of drug-likeness (QED) is 0.621. The molecule has 2 rings (SSSR count). The second-order valence-corrected chi connectivity index (χ2v) is 4.82. The predicted octanol–water partition coefficient (Wildman–Crippen LogP) is 0.983. The lowest BCUT2D eigenvalue weighted by molar-refractivity contribution is -0.168. The van der Waals surface area contributed by atoms with Gasteiger partial charge in [0.05, 0.1) is 19.3 Å². The fourth-order valence-electron chi connectivity index (χ4n) is 2.02. The van der Waals surface area contributed by atoms with Crippen LogP contribution >= 0.6 is 0 Å². The van der Waals surface area contributed by atoms with Gasteiger partial charge in [0.2, 0.25) is 6.29 Å². The topological polar surface area (TPSA) is 87.9 Å². The molecule has 21 heavy (non-hydrogen) atoms. The first-order valence-corrected chi connectivity index (χ1v) is 6.91. The van der Waals surface area contributed by atoms with Crippen LogP contribution in [-0.4, -0.2) is 30.9 Å². The number of ether oxygens (including phenoxy) is 3. The third-order valence-corrected chi connectivity index (χ3v) is 3.14. The number of hydrogen-bond donors (Lipinski definition) is 1. The zero-order valence-electron chi connectivity index (χ0n) is 11.9. The number of nitrogens with two attached hydrogens (primary N) is 1. The minimum absolute atomic E-state index is 0.253. The minimum atomic E-state index is -1.11. The molecule has 6 heteroatoms. The Hall–Kier alpha value is -1.92. The molecule has 1 saturated heterocycles. The number of benzene rings is 1. The highest BCUT2D eigenvalue weighted by molar-refractivity contribution is 5.97. The van der Waals surface area contributed by atoms with E-state index in [1.807, 2.05) is 37.3 Å². The van der Waals surface area contributed by atoms with Gasteiger partial charge in [-0.05, 0) is 12.0 Å². The molecule has 1 heterocycles. The minimum Gasteiger partial charge on any atom is -0.465 e. The highest BCUT2D eigenvalue weighted by Gasteiger charge is 2.48. The smallest absolute Gasteiger partial charge is 0.324 e. The standard InChI is InChI=1S/C15H19NO5/c1-2-8-19-13(17)11-12(16)15(21-14(11)18)20-9-10-6-4-3-5-7-10/h3-7,11-12,15H,2,8-9,16H2,1H3. The summed E-state index contributed by atoms with van der Waals surface area (Å²) in [6, 6.07) is 8.56. The Labute approximate surface area is 123 Å². The van der Waals surface area contributed by atoms with Gasteiger partial charge in [-0.1, -0.05) is 37.3 Å². The molecular formula is C15H19NO5. The third-order valence-electron chi connectivity index (χ3n) is 3.14. The fourth-order valence-corrected chi connectivity index (χ4v) is 2.02. The first-order valence-electron chi connectivity index (χ1n) is 6.91. The maximum atomic E-state index is 11.8. The second kappa shape index (κ2) is 7.19. The van der Waals surface area contributed by atoms with Crippen molar-refractivity contribution in [2.45, 2.75) is 32.3 Å². The zero-order valence-corrected chi connectivity index (χ0v) is 11.9. The van der Waals surface area contributed by atoms with E-state index < -0.39 is 30.2 Å². The predicted molar refractivity (Wildman–Crippen MR) is 73.8 cm³/mol. The van der Waals surface area contributed by atoms with Gasteiger partial charge in [-0.3, -0.25) is 9.59 Å². The summed E-state index contributed by atoms with van der Waals surface area (Å²) in [5, 5.41) is 0. The van der Waals surface area contributed by atoms with E-state index in [1.54, 1.807) is 0 Å². The highest BCUT2D eigenvalue weighted by Crippen LogP contribution is 2.23. The van der Waals surface area contributed by atoms with Crippen molar-refractivity contribution in [2.75, 3.05) is 6.61 Å². The van der Waals surface area contributed by atoms with Crippen LogP contribution in [0.1, 0.15) is 18.9 Å². The number of rotatable bonds is 6. The lowest BCUT2D eigenvalue weighted by Crippen LogP contribution is -2.41. The molecule has 114 valence electrons. The fraction of sp³-hybridized carbons (Fsp3) is 0.467. The van der Waals surface area contributed by atoms with E-state index >= 15 is 0 Å². The Kier molecular flexibility index (Phi) is 5.30. The molecule has 3 atom stereocenters. The number of carbonyl (C=O) groups excluding carboxylic acids is 2. The molecular weight excluding hydrogens is 274 g/mol. The average molecular weight is 293 g/mol. The van der Waals surface area contributed by atoms with Crippen molar-refractivity contribution < 1.29 is 23.8 Å². The van der Waals surface area contributed by atoms with Gasteiger partial charge in [0.25, 0.3) is 0 Å². The summed E-state index contributed by atoms with van der Waals surface area (Å²) in [6.07, 6.45) is -0.256. The van der Waals surface area contributed by atoms with Crippen molar-refractivity contribution in [3.8, 4) is 0 Å². The first kappa shape index (κ1) is 15.5. The largest absolute Gasteiger partial charge is 0.465 e. The van der Waals surface area contributed by atoms with Crippen molar-refractivity contribution in [2.24, 2.45) is 11.7 Å². The van der Waals surface area contributed by atoms with Crippen LogP contribution in [0.3, 0.4) is 0 Å². The van der Waals surface area contributed by atoms with Crippen molar-refractivity contribution in [1.29, 1.82) is 0 Å². The van der Waals surface area contributed by atoms with Crippen LogP contribution in [0, 0.1) is 5.92 Å². The van der Waals surface area contributed by atoms with E-state index in [2.05, 4.69) is 0 Å². The maximum absolute atomic E-state index is 11.8. The Balaban J connectivity index is 1.91. The second-order valence-electron chi connectivity index (χ2n) is 4.82. The van der Waals surface area contributed by atoms with E-state index in [-0.39, 0.29) is 13.2 Å². The number of carbonyl (C=O) groups is 2. The summed E-state index contributed by atoms with van der Waals surface area (Å²) in [6.45, 7) is 2.38. The Morgan fingerprint density at radius 3 is 2.71 bits per heavy atom. The Bertz CT molecular complexity index is 490. The molecule has 2 N–H and O–H groups in total. The molecule has 1 aromatic rings. The van der Waals surface area contributed by atoms with Crippen LogP contribution in [0.15, 0.2) is 30.3 Å². The van der Waals surface area contributed by atoms with Gasteiger partial charge in [0, 0.05) is 0 Å². The van der Waals surface area contributed by atoms with E-state index in [1.165, 1.54) is 0 Å². The summed E-state index contributed by atoms with van der Waals surface area (Å²) in [5.41, 5.74) is 6.81. The molecule has 1 aliphatic heterocycles. The van der Waals surface area contributed by atoms with Crippen LogP contribution in [0.2, 0.25) is 0 Å². The molecule has 0 amide bonds. The van der Waals surface area contributed by atoms with Crippen LogP contribution in [0.25, 0.3) is 0 Å². The molecule has 0 radical (unpaired) electrons. The Morgan fingerprint density at radius 1 is 1.33 bits per heavy atom. The maximum Gasteiger partial charge on any atom is 0.324 e. The molecule has 1 aliphatic rings. The average Bonchev–Trinajstić information content (AvgIpc) is 2.78. The van der Waals surface area contributed by atoms with Gasteiger partial charge >= 0.3 is 11.9 Å². The molecule has 0 aliphatic carbocycles. The molecule has 0 saturated carbocycles. The van der Waals surface area contributed by atoms with Crippen molar-refractivity contribution >= 4 is 11.9 Å². The lowest BCUT2D eigenvalue weighted by atomic mass is 10.0. The summed E-state index contributed by atoms with van der Waals surface area (Å²) in [4.78, 5) is 23.5. The summed E-state index contributed by atoms with van der Waals surface area (Å²) in [5.74, 6) is -2.46. The molecule has 3 unspecified atom stereocenters. The van der Waals surface area contributed by atoms with Crippen LogP contribution in [0.5, 0.6) is 0 Å². The van der Waals surface area contributed by atoms with Crippen LogP contribution < -0.4 is 5.73 Å². The first-order chi connectivity index (χ1) is 10.1. The molecule has 1 fully saturated rings. The van der Waals surface area contributed by atoms with Gasteiger partial charge in [-0.25, -0.2) is 0 Å². The molecule has 0 aromatic heterocycles. The summed E-state index contributed by atoms with van der Waals surface area (Å²) < 4.78 is 15.5. The van der Waals surface area contributed by atoms with Gasteiger partial charge < -0.3 is 19.9 Å². The SMILES string of the molecule is CCCOC(=O)C1C(=O)OC(OCc2ccccc2)C1N. The van der Waals surface area contributed by atoms with Gasteiger partial charge in [-0.15, -0.1) is 0 Å². The molecule has 0 bridgehead atoms. The Morgan fingerprint density at radius 2 is 2.05 bits per heavy atom. The summed E-state index contributed by atoms with van der Waals surface area (Å²) >= 11 is 0. The van der Waals surface area contributed by atoms with E-state index in [4.69, 9.17) is 19.9 Å². The van der Waals surface area contributed by atoms with E-state index in [9.17, 15) is 9.59 Å². The van der Waals surface area contributed by atoms with Gasteiger partial charge in [0.15, 0.2) is 5.92 Å². The number of hydrogen-bond acceptors (Lipinski definition) is 6. The van der Waals surface area contributed by atoms with E-state index in [0.29, 0.717) is 6.42 Å². The lowest BCUT2D eigenvalue weighted by Gasteiger charge is -2.16. The van der Waals surface area contributed by atoms with Crippen molar-refractivity contribution in [3.63, 3.8) is 0 Å². The van der Waals surface area contributed by atoms with Crippen molar-refractivity contribution in [1.82, 2.24) is 0 Å². The molecule has 1 aromatic carbocycles. The molecule has 0 spiro atoms. The zero-order chi connectivity index (χ0) is 15.2. The number of cyclic esters (lactones) is 1. The van der Waals surface area contributed by atoms with Crippen LogP contribution in [-0.2, 0) is 30.4 Å². The van der Waals surface area contributed by atoms with E-state index in [0.717, 1.165) is 5.56 Å². The van der Waals surface area contributed by atoms with Gasteiger partial charge in [-0.2, -0.15) is 0 Å². The normalized spacial score (nSPS) is 24.7. The highest BCUT2D eigenvalue weighted by atomic mass is 16.7. The van der Waals surface area contributed by atoms with Crippen LogP contribution in [0.4, 0.5) is 0 Å².